The number of rotatable bonds is 5. The number of aryl methyl sites for hydroxylation is 1. The monoisotopic (exact) mass is 413 g/mol. The molecule has 1 amide bonds. The van der Waals surface area contributed by atoms with Crippen molar-refractivity contribution in [3.05, 3.63) is 35.9 Å². The fourth-order valence-corrected chi connectivity index (χ4v) is 3.95. The summed E-state index contributed by atoms with van der Waals surface area (Å²) in [5, 5.41) is 17.5. The second-order valence-electron chi connectivity index (χ2n) is 8.48. The summed E-state index contributed by atoms with van der Waals surface area (Å²) >= 11 is 0. The largest absolute Gasteiger partial charge is 0.443 e. The number of alkyl halides is 1. The summed E-state index contributed by atoms with van der Waals surface area (Å²) in [7, 11) is 0. The van der Waals surface area contributed by atoms with Crippen molar-refractivity contribution in [3.8, 4) is 0 Å². The lowest BCUT2D eigenvalue weighted by atomic mass is 10.0. The van der Waals surface area contributed by atoms with Gasteiger partial charge in [-0.25, -0.2) is 18.7 Å². The molecule has 3 aromatic rings. The van der Waals surface area contributed by atoms with Crippen molar-refractivity contribution in [3.63, 3.8) is 0 Å². The highest BCUT2D eigenvalue weighted by molar-refractivity contribution is 5.72. The number of aromatic nitrogens is 5. The molecule has 5 rings (SSSR count). The summed E-state index contributed by atoms with van der Waals surface area (Å²) in [6, 6.07) is 3.70. The van der Waals surface area contributed by atoms with E-state index in [1.165, 1.54) is 0 Å². The van der Waals surface area contributed by atoms with Gasteiger partial charge in [0.05, 0.1) is 5.69 Å². The van der Waals surface area contributed by atoms with E-state index < -0.39 is 24.3 Å². The molecule has 0 bridgehead atoms. The van der Waals surface area contributed by atoms with E-state index in [2.05, 4.69) is 30.9 Å². The molecule has 0 spiro atoms. The summed E-state index contributed by atoms with van der Waals surface area (Å²) in [4.78, 5) is 16.4. The molecule has 2 aliphatic carbocycles. The normalized spacial score (nSPS) is 24.7. The van der Waals surface area contributed by atoms with Gasteiger partial charge in [-0.15, -0.1) is 0 Å². The molecule has 158 valence electrons. The third-order valence-corrected chi connectivity index (χ3v) is 5.92. The number of anilines is 2. The predicted octanol–water partition coefficient (Wildman–Crippen LogP) is 3.37. The maximum absolute atomic E-state index is 15.0. The number of hydrogen-bond acceptors (Lipinski definition) is 6. The van der Waals surface area contributed by atoms with E-state index in [9.17, 15) is 9.18 Å². The molecule has 30 heavy (non-hydrogen) atoms. The third-order valence-electron chi connectivity index (χ3n) is 5.92. The number of nitrogens with zero attached hydrogens (tertiary/aromatic N) is 4. The number of ether oxygens (including phenoxy) is 1. The molecule has 2 saturated carbocycles. The molecule has 3 atom stereocenters. The van der Waals surface area contributed by atoms with Crippen LogP contribution in [0.25, 0.3) is 5.52 Å². The number of fused-ring (bicyclic) bond motifs is 1. The highest BCUT2D eigenvalue weighted by Crippen LogP contribution is 2.39. The number of carbonyl (C=O) groups excluding carboxylic acids is 1. The molecule has 3 N–H and O–H groups in total. The zero-order valence-electron chi connectivity index (χ0n) is 16.9. The van der Waals surface area contributed by atoms with Gasteiger partial charge in [0.2, 0.25) is 0 Å². The fourth-order valence-electron chi connectivity index (χ4n) is 3.95. The molecule has 10 heteroatoms. The van der Waals surface area contributed by atoms with Gasteiger partial charge in [0, 0.05) is 35.6 Å². The number of halogens is 1. The second kappa shape index (κ2) is 6.96. The number of carbonyl (C=O) groups is 1. The average Bonchev–Trinajstić information content (AvgIpc) is 3.03. The van der Waals surface area contributed by atoms with E-state index in [-0.39, 0.29) is 5.54 Å². The molecule has 3 aromatic heterocycles. The van der Waals surface area contributed by atoms with Gasteiger partial charge >= 0.3 is 6.09 Å². The smallest absolute Gasteiger partial charge is 0.407 e. The molecular formula is C20H24FN7O2. The quantitative estimate of drug-likeness (QED) is 0.592. The molecule has 0 aromatic carbocycles. The number of H-pyrrole nitrogens is 1. The van der Waals surface area contributed by atoms with Crippen molar-refractivity contribution in [1.29, 1.82) is 0 Å². The standard InChI is InChI=1S/C20H24FN7O2/c1-11-9-14-18(22-7-8-28(14)27-11)23-16-10-13(25-26-16)12-3-4-15(17(12)21)30-19(29)24-20(2)5-6-20/h7-10,12,15,17H,3-6H2,1-2H3,(H,24,29)(H2,22,23,25,26)/t12-,15-,17+/m0/s1. The van der Waals surface area contributed by atoms with Gasteiger partial charge < -0.3 is 15.4 Å². The Bertz CT molecular complexity index is 1090. The first-order valence-corrected chi connectivity index (χ1v) is 10.2. The van der Waals surface area contributed by atoms with Gasteiger partial charge in [-0.3, -0.25) is 5.10 Å². The molecule has 9 nitrogen and oxygen atoms in total. The van der Waals surface area contributed by atoms with Crippen molar-refractivity contribution in [2.75, 3.05) is 5.32 Å². The lowest BCUT2D eigenvalue weighted by Crippen LogP contribution is -2.38. The Hall–Kier alpha value is -3.17. The highest BCUT2D eigenvalue weighted by atomic mass is 19.1. The number of hydrogen-bond donors (Lipinski definition) is 3. The molecule has 2 aliphatic rings. The van der Waals surface area contributed by atoms with Crippen LogP contribution in [0, 0.1) is 6.92 Å². The van der Waals surface area contributed by atoms with E-state index in [1.54, 1.807) is 23.0 Å². The minimum absolute atomic E-state index is 0.185. The highest BCUT2D eigenvalue weighted by Gasteiger charge is 2.43. The van der Waals surface area contributed by atoms with E-state index in [1.807, 2.05) is 19.9 Å². The van der Waals surface area contributed by atoms with E-state index in [0.29, 0.717) is 30.2 Å². The van der Waals surface area contributed by atoms with Gasteiger partial charge in [-0.05, 0) is 45.6 Å². The maximum atomic E-state index is 15.0. The first-order chi connectivity index (χ1) is 14.4. The zero-order valence-corrected chi connectivity index (χ0v) is 16.9. The summed E-state index contributed by atoms with van der Waals surface area (Å²) in [6.07, 6.45) is 3.78. The Kier molecular flexibility index (Phi) is 4.37. The first-order valence-electron chi connectivity index (χ1n) is 10.2. The van der Waals surface area contributed by atoms with Gasteiger partial charge in [0.25, 0.3) is 0 Å². The van der Waals surface area contributed by atoms with Gasteiger partial charge in [0.1, 0.15) is 17.8 Å². The van der Waals surface area contributed by atoms with Gasteiger partial charge in [-0.1, -0.05) is 0 Å². The summed E-state index contributed by atoms with van der Waals surface area (Å²) < 4.78 is 22.1. The Morgan fingerprint density at radius 1 is 1.37 bits per heavy atom. The van der Waals surface area contributed by atoms with Crippen LogP contribution in [0.1, 0.15) is 49.9 Å². The van der Waals surface area contributed by atoms with E-state index in [0.717, 1.165) is 24.1 Å². The topological polar surface area (TPSA) is 109 Å². The Morgan fingerprint density at radius 2 is 2.20 bits per heavy atom. The zero-order chi connectivity index (χ0) is 20.9. The van der Waals surface area contributed by atoms with Crippen LogP contribution in [0.3, 0.4) is 0 Å². The Balaban J connectivity index is 1.25. The van der Waals surface area contributed by atoms with Crippen LogP contribution < -0.4 is 10.6 Å². The van der Waals surface area contributed by atoms with E-state index in [4.69, 9.17) is 4.74 Å². The molecule has 0 aliphatic heterocycles. The minimum Gasteiger partial charge on any atom is -0.443 e. The van der Waals surface area contributed by atoms with Crippen molar-refractivity contribution in [1.82, 2.24) is 30.1 Å². The fraction of sp³-hybridized carbons (Fsp3) is 0.500. The van der Waals surface area contributed by atoms with Crippen molar-refractivity contribution < 1.29 is 13.9 Å². The van der Waals surface area contributed by atoms with Crippen molar-refractivity contribution in [2.24, 2.45) is 0 Å². The SMILES string of the molecule is Cc1cc2c(Nc3cc([C@@H]4CC[C@H](OC(=O)NC5(C)CC5)[C@@H]4F)[nH]n3)nccn2n1. The lowest BCUT2D eigenvalue weighted by Gasteiger charge is -2.19. The van der Waals surface area contributed by atoms with Crippen LogP contribution in [-0.4, -0.2) is 48.7 Å². The third kappa shape index (κ3) is 3.57. The van der Waals surface area contributed by atoms with Crippen LogP contribution in [-0.2, 0) is 4.74 Å². The number of nitrogens with one attached hydrogen (secondary N) is 3. The summed E-state index contributed by atoms with van der Waals surface area (Å²) in [5.74, 6) is 0.759. The predicted molar refractivity (Wildman–Crippen MR) is 108 cm³/mol. The molecule has 2 fully saturated rings. The van der Waals surface area contributed by atoms with Crippen LogP contribution in [0.2, 0.25) is 0 Å². The lowest BCUT2D eigenvalue weighted by molar-refractivity contribution is 0.0546. The Morgan fingerprint density at radius 3 is 3.00 bits per heavy atom. The van der Waals surface area contributed by atoms with Crippen LogP contribution in [0.15, 0.2) is 24.5 Å². The molecule has 0 radical (unpaired) electrons. The van der Waals surface area contributed by atoms with Crippen LogP contribution in [0.5, 0.6) is 0 Å². The van der Waals surface area contributed by atoms with Crippen molar-refractivity contribution in [2.45, 2.75) is 63.3 Å². The average molecular weight is 413 g/mol. The van der Waals surface area contributed by atoms with Crippen LogP contribution >= 0.6 is 0 Å². The number of alkyl carbamates (subject to hydrolysis) is 1. The molecule has 3 heterocycles. The molecule has 0 unspecified atom stereocenters. The first kappa shape index (κ1) is 18.8. The Labute approximate surface area is 172 Å². The van der Waals surface area contributed by atoms with Gasteiger partial charge in [-0.2, -0.15) is 10.2 Å². The number of amides is 1. The number of aromatic amines is 1. The molecule has 0 saturated heterocycles. The van der Waals surface area contributed by atoms with Crippen molar-refractivity contribution >= 4 is 23.2 Å². The maximum Gasteiger partial charge on any atom is 0.407 e. The molecular weight excluding hydrogens is 389 g/mol. The summed E-state index contributed by atoms with van der Waals surface area (Å²) in [5.41, 5.74) is 2.19. The van der Waals surface area contributed by atoms with Gasteiger partial charge in [0.15, 0.2) is 11.6 Å². The minimum atomic E-state index is -1.28. The van der Waals surface area contributed by atoms with Crippen LogP contribution in [0.4, 0.5) is 20.8 Å². The van der Waals surface area contributed by atoms with E-state index >= 15 is 0 Å². The second-order valence-corrected chi connectivity index (χ2v) is 8.48. The summed E-state index contributed by atoms with van der Waals surface area (Å²) in [6.45, 7) is 3.87.